The molecule has 0 saturated carbocycles. The van der Waals surface area contributed by atoms with Gasteiger partial charge in [0.15, 0.2) is 5.78 Å². The zero-order valence-electron chi connectivity index (χ0n) is 14.6. The molecule has 1 aliphatic heterocycles. The summed E-state index contributed by atoms with van der Waals surface area (Å²) in [6, 6.07) is 14.1. The predicted octanol–water partition coefficient (Wildman–Crippen LogP) is 4.30. The van der Waals surface area contributed by atoms with E-state index < -0.39 is 0 Å². The number of nitrogens with zero attached hydrogens (tertiary/aromatic N) is 3. The van der Waals surface area contributed by atoms with Gasteiger partial charge in [-0.2, -0.15) is 10.1 Å². The Morgan fingerprint density at radius 1 is 1.15 bits per heavy atom. The van der Waals surface area contributed by atoms with Gasteiger partial charge in [-0.05, 0) is 29.3 Å². The lowest BCUT2D eigenvalue weighted by Crippen LogP contribution is -2.33. The number of nitrogens with one attached hydrogen (secondary N) is 1. The van der Waals surface area contributed by atoms with Crippen molar-refractivity contribution in [2.45, 2.75) is 18.9 Å². The monoisotopic (exact) mass is 374 g/mol. The summed E-state index contributed by atoms with van der Waals surface area (Å²) >= 11 is 1.65. The minimum Gasteiger partial charge on any atom is -0.328 e. The first-order valence-electron chi connectivity index (χ1n) is 8.99. The van der Waals surface area contributed by atoms with Crippen molar-refractivity contribution in [2.75, 3.05) is 5.32 Å². The van der Waals surface area contributed by atoms with E-state index in [2.05, 4.69) is 45.8 Å². The highest BCUT2D eigenvalue weighted by Gasteiger charge is 2.38. The van der Waals surface area contributed by atoms with Crippen LogP contribution in [0.4, 0.5) is 5.95 Å². The van der Waals surface area contributed by atoms with E-state index in [0.29, 0.717) is 12.4 Å². The van der Waals surface area contributed by atoms with Crippen LogP contribution >= 0.6 is 11.3 Å². The highest BCUT2D eigenvalue weighted by molar-refractivity contribution is 7.10. The molecule has 134 valence electrons. The summed E-state index contributed by atoms with van der Waals surface area (Å²) in [6.45, 7) is 0. The number of benzene rings is 1. The van der Waals surface area contributed by atoms with Crippen LogP contribution < -0.4 is 5.32 Å². The van der Waals surface area contributed by atoms with E-state index in [9.17, 15) is 4.79 Å². The number of thiophene rings is 1. The second kappa shape index (κ2) is 6.63. The standard InChI is InChI=1S/C21H18N4OS/c26-17-12-15(9-8-14-5-2-1-3-6-14)11-16-19(17)20(18-7-4-10-27-18)25-21(24-16)22-13-23-25/h1-10,13,15,20H,11-12H2,(H,22,23,24). The fourth-order valence-corrected chi connectivity index (χ4v) is 4.66. The van der Waals surface area contributed by atoms with Crippen LogP contribution in [-0.2, 0) is 4.79 Å². The number of fused-ring (bicyclic) bond motifs is 1. The minimum atomic E-state index is -0.176. The number of rotatable bonds is 3. The molecule has 1 aliphatic carbocycles. The van der Waals surface area contributed by atoms with Crippen LogP contribution in [-0.4, -0.2) is 20.5 Å². The fraction of sp³-hybridized carbons (Fsp3) is 0.190. The number of hydrogen-bond donors (Lipinski definition) is 1. The maximum Gasteiger partial charge on any atom is 0.226 e. The summed E-state index contributed by atoms with van der Waals surface area (Å²) in [5.41, 5.74) is 2.96. The van der Waals surface area contributed by atoms with Crippen LogP contribution in [0, 0.1) is 5.92 Å². The molecular weight excluding hydrogens is 356 g/mol. The van der Waals surface area contributed by atoms with Crippen molar-refractivity contribution >= 4 is 29.1 Å². The Hall–Kier alpha value is -2.99. The van der Waals surface area contributed by atoms with Crippen molar-refractivity contribution in [2.24, 2.45) is 5.92 Å². The van der Waals surface area contributed by atoms with Crippen LogP contribution in [0.25, 0.3) is 6.08 Å². The number of anilines is 1. The molecule has 1 aromatic carbocycles. The highest BCUT2D eigenvalue weighted by atomic mass is 32.1. The third-order valence-corrected chi connectivity index (χ3v) is 5.99. The number of carbonyl (C=O) groups excluding carboxylic acids is 1. The summed E-state index contributed by atoms with van der Waals surface area (Å²) in [6.07, 6.45) is 7.12. The smallest absolute Gasteiger partial charge is 0.226 e. The van der Waals surface area contributed by atoms with Crippen LogP contribution in [0.5, 0.6) is 0 Å². The number of allylic oxidation sites excluding steroid dienone is 3. The number of aromatic nitrogens is 3. The van der Waals surface area contributed by atoms with E-state index in [1.54, 1.807) is 17.7 Å². The van der Waals surface area contributed by atoms with Gasteiger partial charge in [0.05, 0.1) is 0 Å². The molecule has 5 rings (SSSR count). The van der Waals surface area contributed by atoms with Gasteiger partial charge in [-0.1, -0.05) is 48.6 Å². The molecule has 3 heterocycles. The van der Waals surface area contributed by atoms with Gasteiger partial charge in [-0.3, -0.25) is 4.79 Å². The molecule has 6 heteroatoms. The van der Waals surface area contributed by atoms with Crippen molar-refractivity contribution in [3.63, 3.8) is 0 Å². The third kappa shape index (κ3) is 2.92. The molecule has 27 heavy (non-hydrogen) atoms. The molecule has 2 atom stereocenters. The maximum absolute atomic E-state index is 13.1. The Morgan fingerprint density at radius 3 is 2.85 bits per heavy atom. The quantitative estimate of drug-likeness (QED) is 0.742. The molecule has 0 spiro atoms. The average molecular weight is 374 g/mol. The molecule has 0 amide bonds. The lowest BCUT2D eigenvalue weighted by Gasteiger charge is -2.33. The summed E-state index contributed by atoms with van der Waals surface area (Å²) < 4.78 is 1.82. The fourth-order valence-electron chi connectivity index (χ4n) is 3.84. The van der Waals surface area contributed by atoms with Crippen molar-refractivity contribution in [1.29, 1.82) is 0 Å². The van der Waals surface area contributed by atoms with Gasteiger partial charge in [0.25, 0.3) is 0 Å². The molecule has 2 aromatic heterocycles. The first-order chi connectivity index (χ1) is 13.3. The molecule has 1 N–H and O–H groups in total. The van der Waals surface area contributed by atoms with Crippen LogP contribution in [0.15, 0.2) is 71.5 Å². The van der Waals surface area contributed by atoms with Gasteiger partial charge in [0.2, 0.25) is 5.95 Å². The Labute approximate surface area is 161 Å². The van der Waals surface area contributed by atoms with Gasteiger partial charge in [-0.25, -0.2) is 4.68 Å². The van der Waals surface area contributed by atoms with Crippen LogP contribution in [0.2, 0.25) is 0 Å². The number of Topliss-reactive ketones (excluding diaryl/α,β-unsaturated/α-hetero) is 1. The molecule has 0 radical (unpaired) electrons. The van der Waals surface area contributed by atoms with E-state index in [0.717, 1.165) is 28.1 Å². The minimum absolute atomic E-state index is 0.176. The lowest BCUT2D eigenvalue weighted by molar-refractivity contribution is -0.117. The zero-order valence-corrected chi connectivity index (χ0v) is 15.4. The predicted molar refractivity (Wildman–Crippen MR) is 106 cm³/mol. The molecule has 0 saturated heterocycles. The van der Waals surface area contributed by atoms with E-state index in [1.807, 2.05) is 34.3 Å². The summed E-state index contributed by atoms with van der Waals surface area (Å²) in [5, 5.41) is 9.75. The molecule has 0 bridgehead atoms. The Balaban J connectivity index is 1.49. The molecule has 2 aliphatic rings. The van der Waals surface area contributed by atoms with Gasteiger partial charge in [0.1, 0.15) is 12.4 Å². The van der Waals surface area contributed by atoms with Gasteiger partial charge < -0.3 is 5.32 Å². The lowest BCUT2D eigenvalue weighted by atomic mass is 9.81. The highest BCUT2D eigenvalue weighted by Crippen LogP contribution is 2.42. The zero-order chi connectivity index (χ0) is 18.2. The third-order valence-electron chi connectivity index (χ3n) is 5.07. The average Bonchev–Trinajstić information content (AvgIpc) is 3.37. The van der Waals surface area contributed by atoms with Crippen molar-refractivity contribution < 1.29 is 4.79 Å². The molecule has 0 fully saturated rings. The first-order valence-corrected chi connectivity index (χ1v) is 9.87. The summed E-state index contributed by atoms with van der Waals surface area (Å²) in [7, 11) is 0. The second-order valence-corrected chi connectivity index (χ2v) is 7.80. The topological polar surface area (TPSA) is 59.8 Å². The number of carbonyl (C=O) groups is 1. The Bertz CT molecular complexity index is 1030. The Kier molecular flexibility index (Phi) is 3.98. The van der Waals surface area contributed by atoms with Crippen molar-refractivity contribution in [1.82, 2.24) is 14.8 Å². The van der Waals surface area contributed by atoms with Crippen molar-refractivity contribution in [3.8, 4) is 0 Å². The Morgan fingerprint density at radius 2 is 2.04 bits per heavy atom. The summed E-state index contributed by atoms with van der Waals surface area (Å²) in [4.78, 5) is 18.5. The van der Waals surface area contributed by atoms with Gasteiger partial charge in [-0.15, -0.1) is 11.3 Å². The molecular formula is C21H18N4OS. The SMILES string of the molecule is O=C1CC(C=Cc2ccccc2)CC2=C1C(c1cccs1)n1ncnc1N2. The van der Waals surface area contributed by atoms with Crippen molar-refractivity contribution in [3.05, 3.63) is 82.0 Å². The van der Waals surface area contributed by atoms with Gasteiger partial charge >= 0.3 is 0 Å². The number of hydrogen-bond acceptors (Lipinski definition) is 5. The van der Waals surface area contributed by atoms with E-state index in [-0.39, 0.29) is 17.7 Å². The van der Waals surface area contributed by atoms with Crippen LogP contribution in [0.3, 0.4) is 0 Å². The molecule has 5 nitrogen and oxygen atoms in total. The molecule has 2 unspecified atom stereocenters. The molecule has 3 aromatic rings. The van der Waals surface area contributed by atoms with E-state index in [1.165, 1.54) is 0 Å². The first kappa shape index (κ1) is 16.2. The van der Waals surface area contributed by atoms with E-state index >= 15 is 0 Å². The summed E-state index contributed by atoms with van der Waals surface area (Å²) in [5.74, 6) is 1.07. The second-order valence-electron chi connectivity index (χ2n) is 6.82. The normalized spacial score (nSPS) is 21.9. The largest absolute Gasteiger partial charge is 0.328 e. The van der Waals surface area contributed by atoms with Crippen LogP contribution in [0.1, 0.15) is 29.3 Å². The van der Waals surface area contributed by atoms with Gasteiger partial charge in [0, 0.05) is 22.6 Å². The maximum atomic E-state index is 13.1. The number of ketones is 1. The van der Waals surface area contributed by atoms with E-state index in [4.69, 9.17) is 0 Å².